The van der Waals surface area contributed by atoms with Crippen LogP contribution in [0, 0.1) is 0 Å². The van der Waals surface area contributed by atoms with E-state index in [0.29, 0.717) is 17.1 Å². The second-order valence-electron chi connectivity index (χ2n) is 5.07. The number of rotatable bonds is 5. The number of halogens is 2. The molecule has 0 spiro atoms. The standard InChI is InChI=1S/C17H13BrClNO2S2/c18-11-1-3-14(19)13(7-11)17(22)20-8-12-2-4-15(24-12)16(21)10-5-6-23-9-10/h1-7,9,16,21H,8H2,(H,20,22). The van der Waals surface area contributed by atoms with Crippen molar-refractivity contribution < 1.29 is 9.90 Å². The molecule has 0 aliphatic rings. The van der Waals surface area contributed by atoms with Gasteiger partial charge in [-0.15, -0.1) is 11.3 Å². The minimum absolute atomic E-state index is 0.227. The molecule has 0 saturated heterocycles. The van der Waals surface area contributed by atoms with Gasteiger partial charge in [0.15, 0.2) is 0 Å². The molecule has 3 rings (SSSR count). The van der Waals surface area contributed by atoms with Gasteiger partial charge in [-0.2, -0.15) is 11.3 Å². The molecule has 0 aliphatic heterocycles. The number of nitrogens with one attached hydrogen (secondary N) is 1. The van der Waals surface area contributed by atoms with Crippen LogP contribution in [0.2, 0.25) is 5.02 Å². The molecule has 24 heavy (non-hydrogen) atoms. The van der Waals surface area contributed by atoms with Crippen LogP contribution in [-0.2, 0) is 6.54 Å². The Kier molecular flexibility index (Phi) is 5.73. The second-order valence-corrected chi connectivity index (χ2v) is 8.37. The number of aliphatic hydroxyl groups is 1. The molecule has 2 N–H and O–H groups in total. The van der Waals surface area contributed by atoms with Gasteiger partial charge < -0.3 is 10.4 Å². The van der Waals surface area contributed by atoms with Gasteiger partial charge in [-0.05, 0) is 52.7 Å². The third kappa shape index (κ3) is 4.07. The van der Waals surface area contributed by atoms with Gasteiger partial charge in [0, 0.05) is 14.2 Å². The van der Waals surface area contributed by atoms with Crippen molar-refractivity contribution in [3.05, 3.63) is 77.5 Å². The summed E-state index contributed by atoms with van der Waals surface area (Å²) in [6, 6.07) is 10.9. The number of benzene rings is 1. The van der Waals surface area contributed by atoms with Crippen molar-refractivity contribution in [2.75, 3.05) is 0 Å². The highest BCUT2D eigenvalue weighted by atomic mass is 79.9. The molecule has 1 amide bonds. The summed E-state index contributed by atoms with van der Waals surface area (Å²) in [5, 5.41) is 17.5. The quantitative estimate of drug-likeness (QED) is 0.568. The number of hydrogen-bond acceptors (Lipinski definition) is 4. The highest BCUT2D eigenvalue weighted by Crippen LogP contribution is 2.29. The first-order valence-electron chi connectivity index (χ1n) is 7.06. The molecule has 0 aliphatic carbocycles. The molecular weight excluding hydrogens is 430 g/mol. The van der Waals surface area contributed by atoms with Crippen molar-refractivity contribution in [2.45, 2.75) is 12.6 Å². The molecule has 1 atom stereocenters. The van der Waals surface area contributed by atoms with Crippen LogP contribution >= 0.6 is 50.2 Å². The fourth-order valence-electron chi connectivity index (χ4n) is 2.17. The lowest BCUT2D eigenvalue weighted by molar-refractivity contribution is 0.0951. The summed E-state index contributed by atoms with van der Waals surface area (Å²) in [7, 11) is 0. The van der Waals surface area contributed by atoms with Crippen molar-refractivity contribution in [3.63, 3.8) is 0 Å². The summed E-state index contributed by atoms with van der Waals surface area (Å²) < 4.78 is 0.800. The fraction of sp³-hybridized carbons (Fsp3) is 0.118. The Bertz CT molecular complexity index is 848. The van der Waals surface area contributed by atoms with Crippen LogP contribution in [0.3, 0.4) is 0 Å². The summed E-state index contributed by atoms with van der Waals surface area (Å²) in [6.45, 7) is 0.392. The zero-order valence-corrected chi connectivity index (χ0v) is 16.3. The van der Waals surface area contributed by atoms with E-state index in [1.807, 2.05) is 29.0 Å². The average Bonchev–Trinajstić information content (AvgIpc) is 3.26. The van der Waals surface area contributed by atoms with Gasteiger partial charge in [0.05, 0.1) is 17.1 Å². The lowest BCUT2D eigenvalue weighted by Gasteiger charge is -2.07. The summed E-state index contributed by atoms with van der Waals surface area (Å²) in [5.41, 5.74) is 1.32. The number of carbonyl (C=O) groups excluding carboxylic acids is 1. The first kappa shape index (κ1) is 17.6. The van der Waals surface area contributed by atoms with Crippen molar-refractivity contribution in [3.8, 4) is 0 Å². The van der Waals surface area contributed by atoms with Crippen LogP contribution in [0.25, 0.3) is 0 Å². The van der Waals surface area contributed by atoms with Crippen LogP contribution in [0.1, 0.15) is 31.8 Å². The molecular formula is C17H13BrClNO2S2. The Morgan fingerprint density at radius 1 is 1.29 bits per heavy atom. The van der Waals surface area contributed by atoms with Crippen LogP contribution in [-0.4, -0.2) is 11.0 Å². The van der Waals surface area contributed by atoms with Crippen molar-refractivity contribution in [2.24, 2.45) is 0 Å². The van der Waals surface area contributed by atoms with Gasteiger partial charge in [0.25, 0.3) is 5.91 Å². The molecule has 1 aromatic carbocycles. The molecule has 0 saturated carbocycles. The van der Waals surface area contributed by atoms with E-state index in [1.54, 1.807) is 29.5 Å². The first-order valence-corrected chi connectivity index (χ1v) is 9.99. The van der Waals surface area contributed by atoms with E-state index in [-0.39, 0.29) is 5.91 Å². The summed E-state index contributed by atoms with van der Waals surface area (Å²) in [4.78, 5) is 14.1. The predicted molar refractivity (Wildman–Crippen MR) is 103 cm³/mol. The Hall–Kier alpha value is -1.18. The highest BCUT2D eigenvalue weighted by molar-refractivity contribution is 9.10. The van der Waals surface area contributed by atoms with E-state index >= 15 is 0 Å². The van der Waals surface area contributed by atoms with E-state index in [4.69, 9.17) is 11.6 Å². The SMILES string of the molecule is O=C(NCc1ccc(C(O)c2ccsc2)s1)c1cc(Br)ccc1Cl. The maximum absolute atomic E-state index is 12.3. The van der Waals surface area contributed by atoms with Gasteiger partial charge in [0.1, 0.15) is 6.10 Å². The molecule has 0 fully saturated rings. The van der Waals surface area contributed by atoms with E-state index in [9.17, 15) is 9.90 Å². The van der Waals surface area contributed by atoms with Gasteiger partial charge in [-0.3, -0.25) is 4.79 Å². The zero-order chi connectivity index (χ0) is 17.1. The summed E-state index contributed by atoms with van der Waals surface area (Å²) in [5.74, 6) is -0.227. The average molecular weight is 443 g/mol. The third-order valence-corrected chi connectivity index (χ3v) is 6.07. The van der Waals surface area contributed by atoms with Gasteiger partial charge in [-0.1, -0.05) is 27.5 Å². The Morgan fingerprint density at radius 3 is 2.88 bits per heavy atom. The number of hydrogen-bond donors (Lipinski definition) is 2. The van der Waals surface area contributed by atoms with E-state index < -0.39 is 6.10 Å². The Labute approximate surface area is 161 Å². The lowest BCUT2D eigenvalue weighted by Crippen LogP contribution is -2.22. The second kappa shape index (κ2) is 7.80. The topological polar surface area (TPSA) is 49.3 Å². The molecule has 7 heteroatoms. The Morgan fingerprint density at radius 2 is 2.12 bits per heavy atom. The highest BCUT2D eigenvalue weighted by Gasteiger charge is 2.15. The first-order chi connectivity index (χ1) is 11.5. The van der Waals surface area contributed by atoms with Crippen LogP contribution in [0.5, 0.6) is 0 Å². The van der Waals surface area contributed by atoms with Gasteiger partial charge in [0.2, 0.25) is 0 Å². The molecule has 3 nitrogen and oxygen atoms in total. The van der Waals surface area contributed by atoms with E-state index in [0.717, 1.165) is 19.8 Å². The minimum Gasteiger partial charge on any atom is -0.383 e. The van der Waals surface area contributed by atoms with Gasteiger partial charge in [-0.25, -0.2) is 0 Å². The lowest BCUT2D eigenvalue weighted by atomic mass is 10.2. The van der Waals surface area contributed by atoms with Crippen molar-refractivity contribution in [1.82, 2.24) is 5.32 Å². The maximum atomic E-state index is 12.3. The molecule has 0 radical (unpaired) electrons. The van der Waals surface area contributed by atoms with Crippen LogP contribution in [0.4, 0.5) is 0 Å². The molecule has 2 aromatic heterocycles. The van der Waals surface area contributed by atoms with Crippen LogP contribution < -0.4 is 5.32 Å². The number of aliphatic hydroxyl groups excluding tert-OH is 1. The smallest absolute Gasteiger partial charge is 0.253 e. The predicted octanol–water partition coefficient (Wildman–Crippen LogP) is 5.24. The van der Waals surface area contributed by atoms with E-state index in [1.165, 1.54) is 11.3 Å². The van der Waals surface area contributed by atoms with E-state index in [2.05, 4.69) is 21.2 Å². The number of amides is 1. The maximum Gasteiger partial charge on any atom is 0.253 e. The summed E-state index contributed by atoms with van der Waals surface area (Å²) in [6.07, 6.45) is -0.620. The number of thiophene rings is 2. The van der Waals surface area contributed by atoms with Crippen molar-refractivity contribution in [1.29, 1.82) is 0 Å². The van der Waals surface area contributed by atoms with Crippen LogP contribution in [0.15, 0.2) is 51.6 Å². The monoisotopic (exact) mass is 441 g/mol. The normalized spacial score (nSPS) is 12.1. The molecule has 1 unspecified atom stereocenters. The molecule has 3 aromatic rings. The molecule has 0 bridgehead atoms. The van der Waals surface area contributed by atoms with Crippen molar-refractivity contribution >= 4 is 56.1 Å². The number of carbonyl (C=O) groups is 1. The minimum atomic E-state index is -0.620. The zero-order valence-electron chi connectivity index (χ0n) is 12.3. The fourth-order valence-corrected chi connectivity index (χ4v) is 4.38. The largest absolute Gasteiger partial charge is 0.383 e. The molecule has 2 heterocycles. The third-order valence-electron chi connectivity index (χ3n) is 3.41. The summed E-state index contributed by atoms with van der Waals surface area (Å²) >= 11 is 12.4. The Balaban J connectivity index is 1.65. The van der Waals surface area contributed by atoms with Gasteiger partial charge >= 0.3 is 0 Å². The molecule has 124 valence electrons.